The Morgan fingerprint density at radius 2 is 1.95 bits per heavy atom. The quantitative estimate of drug-likeness (QED) is 0.873. The third kappa shape index (κ3) is 2.32. The summed E-state index contributed by atoms with van der Waals surface area (Å²) in [4.78, 5) is 28.6. The van der Waals surface area contributed by atoms with E-state index in [1.165, 1.54) is 0 Å². The Hall–Kier alpha value is -1.78. The second-order valence-electron chi connectivity index (χ2n) is 5.79. The molecule has 2 atom stereocenters. The number of hydrogen-bond acceptors (Lipinski definition) is 2. The molecule has 1 aliphatic rings. The average molecular weight is 278 g/mol. The summed E-state index contributed by atoms with van der Waals surface area (Å²) in [6, 6.07) is 0.193. The van der Waals surface area contributed by atoms with Gasteiger partial charge in [-0.25, -0.2) is 4.79 Å². The van der Waals surface area contributed by atoms with E-state index in [-0.39, 0.29) is 17.6 Å². The minimum atomic E-state index is -1.02. The van der Waals surface area contributed by atoms with Crippen molar-refractivity contribution in [3.63, 3.8) is 0 Å². The fraction of sp³-hybridized carbons (Fsp3) is 0.600. The van der Waals surface area contributed by atoms with Crippen LogP contribution < -0.4 is 0 Å². The molecule has 1 amide bonds. The topological polar surface area (TPSA) is 73.4 Å². The lowest BCUT2D eigenvalue weighted by molar-refractivity contribution is 0.0549. The van der Waals surface area contributed by atoms with Crippen molar-refractivity contribution in [3.05, 3.63) is 22.5 Å². The smallest absolute Gasteiger partial charge is 0.352 e. The maximum absolute atomic E-state index is 12.7. The highest BCUT2D eigenvalue weighted by Gasteiger charge is 2.32. The second-order valence-corrected chi connectivity index (χ2v) is 5.79. The van der Waals surface area contributed by atoms with Crippen LogP contribution in [0.3, 0.4) is 0 Å². The van der Waals surface area contributed by atoms with Gasteiger partial charge in [-0.2, -0.15) is 0 Å². The van der Waals surface area contributed by atoms with Crippen LogP contribution in [0, 0.1) is 19.8 Å². The first-order chi connectivity index (χ1) is 9.34. The fourth-order valence-electron chi connectivity index (χ4n) is 3.05. The van der Waals surface area contributed by atoms with Crippen LogP contribution in [0.5, 0.6) is 0 Å². The van der Waals surface area contributed by atoms with Gasteiger partial charge >= 0.3 is 5.97 Å². The minimum absolute atomic E-state index is 0.0530. The van der Waals surface area contributed by atoms with E-state index >= 15 is 0 Å². The summed E-state index contributed by atoms with van der Waals surface area (Å²) in [6.07, 6.45) is 2.14. The van der Waals surface area contributed by atoms with Crippen molar-refractivity contribution in [2.75, 3.05) is 6.54 Å². The minimum Gasteiger partial charge on any atom is -0.477 e. The molecule has 0 aromatic carbocycles. The van der Waals surface area contributed by atoms with Crippen molar-refractivity contribution in [1.29, 1.82) is 0 Å². The predicted octanol–water partition coefficient (Wildman–Crippen LogP) is 2.59. The number of carbonyl (C=O) groups excluding carboxylic acids is 1. The molecule has 20 heavy (non-hydrogen) atoms. The van der Waals surface area contributed by atoms with Crippen LogP contribution in [-0.4, -0.2) is 39.5 Å². The SMILES string of the molecule is Cc1[nH]c(C(=O)O)c(C)c1C(=O)N1CCCC(C)C1C. The molecule has 2 N–H and O–H groups in total. The Morgan fingerprint density at radius 1 is 1.30 bits per heavy atom. The molecular formula is C15H22N2O3. The third-order valence-electron chi connectivity index (χ3n) is 4.50. The number of rotatable bonds is 2. The molecule has 0 saturated carbocycles. The molecule has 1 aliphatic heterocycles. The van der Waals surface area contributed by atoms with Gasteiger partial charge in [0.1, 0.15) is 5.69 Å². The van der Waals surface area contributed by atoms with Gasteiger partial charge in [-0.3, -0.25) is 4.79 Å². The maximum Gasteiger partial charge on any atom is 0.352 e. The molecule has 1 fully saturated rings. The number of nitrogens with zero attached hydrogens (tertiary/aromatic N) is 1. The van der Waals surface area contributed by atoms with Crippen LogP contribution in [-0.2, 0) is 0 Å². The molecule has 2 heterocycles. The lowest BCUT2D eigenvalue weighted by Gasteiger charge is -2.38. The largest absolute Gasteiger partial charge is 0.477 e. The molecule has 1 aromatic heterocycles. The van der Waals surface area contributed by atoms with Gasteiger partial charge in [0.15, 0.2) is 0 Å². The van der Waals surface area contributed by atoms with Crippen LogP contribution in [0.25, 0.3) is 0 Å². The molecule has 5 nitrogen and oxygen atoms in total. The van der Waals surface area contributed by atoms with Crippen molar-refractivity contribution >= 4 is 11.9 Å². The standard InChI is InChI=1S/C15H22N2O3/c1-8-6-5-7-17(11(8)4)14(18)12-9(2)13(15(19)20)16-10(12)3/h8,11,16H,5-7H2,1-4H3,(H,19,20). The van der Waals surface area contributed by atoms with Crippen LogP contribution >= 0.6 is 0 Å². The van der Waals surface area contributed by atoms with Gasteiger partial charge in [0.2, 0.25) is 0 Å². The normalized spacial score (nSPS) is 22.9. The first-order valence-corrected chi connectivity index (χ1v) is 7.08. The van der Waals surface area contributed by atoms with Gasteiger partial charge in [-0.15, -0.1) is 0 Å². The van der Waals surface area contributed by atoms with Crippen molar-refractivity contribution in [3.8, 4) is 0 Å². The van der Waals surface area contributed by atoms with Crippen LogP contribution in [0.1, 0.15) is 58.8 Å². The summed E-state index contributed by atoms with van der Waals surface area (Å²) >= 11 is 0. The summed E-state index contributed by atoms with van der Waals surface area (Å²) in [5.41, 5.74) is 1.80. The third-order valence-corrected chi connectivity index (χ3v) is 4.50. The number of aromatic amines is 1. The van der Waals surface area contributed by atoms with Crippen molar-refractivity contribution in [2.24, 2.45) is 5.92 Å². The number of amides is 1. The van der Waals surface area contributed by atoms with Crippen LogP contribution in [0.2, 0.25) is 0 Å². The number of carboxylic acid groups (broad SMARTS) is 1. The lowest BCUT2D eigenvalue weighted by atomic mass is 9.91. The summed E-state index contributed by atoms with van der Waals surface area (Å²) in [7, 11) is 0. The maximum atomic E-state index is 12.7. The average Bonchev–Trinajstić information content (AvgIpc) is 2.68. The Labute approximate surface area is 119 Å². The molecule has 0 spiro atoms. The van der Waals surface area contributed by atoms with E-state index < -0.39 is 5.97 Å². The highest BCUT2D eigenvalue weighted by atomic mass is 16.4. The first kappa shape index (κ1) is 14.6. The Bertz CT molecular complexity index is 548. The molecule has 2 unspecified atom stereocenters. The van der Waals surface area contributed by atoms with E-state index in [4.69, 9.17) is 5.11 Å². The molecule has 2 rings (SSSR count). The van der Waals surface area contributed by atoms with E-state index in [2.05, 4.69) is 18.8 Å². The van der Waals surface area contributed by atoms with Crippen molar-refractivity contribution < 1.29 is 14.7 Å². The Morgan fingerprint density at radius 3 is 2.50 bits per heavy atom. The van der Waals surface area contributed by atoms with E-state index in [0.717, 1.165) is 19.4 Å². The van der Waals surface area contributed by atoms with Crippen LogP contribution in [0.4, 0.5) is 0 Å². The van der Waals surface area contributed by atoms with Gasteiger partial charge in [0, 0.05) is 18.3 Å². The summed E-state index contributed by atoms with van der Waals surface area (Å²) in [5, 5.41) is 9.13. The summed E-state index contributed by atoms with van der Waals surface area (Å²) in [6.45, 7) is 8.42. The second kappa shape index (κ2) is 5.31. The van der Waals surface area contributed by atoms with Gasteiger partial charge in [0.25, 0.3) is 5.91 Å². The lowest BCUT2D eigenvalue weighted by Crippen LogP contribution is -2.46. The van der Waals surface area contributed by atoms with Crippen LogP contribution in [0.15, 0.2) is 0 Å². The fourth-order valence-corrected chi connectivity index (χ4v) is 3.05. The number of H-pyrrole nitrogens is 1. The predicted molar refractivity (Wildman–Crippen MR) is 76.1 cm³/mol. The number of aryl methyl sites for hydroxylation is 1. The Kier molecular flexibility index (Phi) is 3.88. The first-order valence-electron chi connectivity index (χ1n) is 7.08. The number of carbonyl (C=O) groups is 2. The number of piperidine rings is 1. The molecule has 0 radical (unpaired) electrons. The number of likely N-dealkylation sites (tertiary alicyclic amines) is 1. The summed E-state index contributed by atoms with van der Waals surface area (Å²) < 4.78 is 0. The van der Waals surface area contributed by atoms with E-state index in [0.29, 0.717) is 22.7 Å². The number of aromatic carboxylic acids is 1. The highest BCUT2D eigenvalue weighted by Crippen LogP contribution is 2.27. The van der Waals surface area contributed by atoms with Crippen molar-refractivity contribution in [1.82, 2.24) is 9.88 Å². The monoisotopic (exact) mass is 278 g/mol. The molecule has 5 heteroatoms. The zero-order chi connectivity index (χ0) is 15.0. The van der Waals surface area contributed by atoms with E-state index in [9.17, 15) is 9.59 Å². The highest BCUT2D eigenvalue weighted by molar-refractivity contribution is 6.01. The van der Waals surface area contributed by atoms with Gasteiger partial charge in [-0.1, -0.05) is 6.92 Å². The Balaban J connectivity index is 2.36. The molecule has 110 valence electrons. The summed E-state index contributed by atoms with van der Waals surface area (Å²) in [5.74, 6) is -0.598. The molecule has 0 aliphatic carbocycles. The van der Waals surface area contributed by atoms with E-state index in [1.807, 2.05) is 4.90 Å². The molecule has 1 aromatic rings. The zero-order valence-electron chi connectivity index (χ0n) is 12.5. The zero-order valence-corrected chi connectivity index (χ0v) is 12.5. The van der Waals surface area contributed by atoms with Crippen molar-refractivity contribution in [2.45, 2.75) is 46.6 Å². The molecule has 1 saturated heterocycles. The van der Waals surface area contributed by atoms with Gasteiger partial charge in [0.05, 0.1) is 5.56 Å². The number of nitrogens with one attached hydrogen (secondary N) is 1. The van der Waals surface area contributed by atoms with Gasteiger partial charge in [-0.05, 0) is 45.1 Å². The number of aromatic nitrogens is 1. The molecule has 0 bridgehead atoms. The number of hydrogen-bond donors (Lipinski definition) is 2. The number of carboxylic acids is 1. The van der Waals surface area contributed by atoms with Gasteiger partial charge < -0.3 is 15.0 Å². The van der Waals surface area contributed by atoms with E-state index in [1.54, 1.807) is 13.8 Å². The molecular weight excluding hydrogens is 256 g/mol.